The van der Waals surface area contributed by atoms with Crippen LogP contribution in [0.15, 0.2) is 9.42 Å². The van der Waals surface area contributed by atoms with Crippen LogP contribution in [0.4, 0.5) is 0 Å². The molecule has 1 N–H and O–H groups in total. The minimum Gasteiger partial charge on any atom is -0.360 e. The molecule has 1 aliphatic heterocycles. The number of amides is 1. The minimum atomic E-state index is -3.92. The second-order valence-electron chi connectivity index (χ2n) is 5.75. The lowest BCUT2D eigenvalue weighted by Gasteiger charge is -2.20. The second kappa shape index (κ2) is 6.81. The normalized spacial score (nSPS) is 20.4. The summed E-state index contributed by atoms with van der Waals surface area (Å²) >= 11 is 0. The number of carbonyl (C=O) groups excluding carboxylic acids is 1. The van der Waals surface area contributed by atoms with Gasteiger partial charge in [-0.3, -0.25) is 4.79 Å². The van der Waals surface area contributed by atoms with Gasteiger partial charge in [-0.2, -0.15) is 4.31 Å². The molecule has 24 heavy (non-hydrogen) atoms. The monoisotopic (exact) mass is 379 g/mol. The highest BCUT2D eigenvalue weighted by molar-refractivity contribution is 7.91. The zero-order valence-electron chi connectivity index (χ0n) is 13.8. The average molecular weight is 379 g/mol. The van der Waals surface area contributed by atoms with Gasteiger partial charge < -0.3 is 9.84 Å². The maximum Gasteiger partial charge on any atom is 0.248 e. The SMILES string of the molecule is CCN(CC(=O)NC1CCS(=O)(=O)C1)S(=O)(=O)c1c(C)noc1C. The Bertz CT molecular complexity index is 808. The van der Waals surface area contributed by atoms with Crippen LogP contribution in [-0.2, 0) is 24.7 Å². The molecule has 0 saturated carbocycles. The number of likely N-dealkylation sites (N-methyl/N-ethyl adjacent to an activating group) is 1. The highest BCUT2D eigenvalue weighted by Crippen LogP contribution is 2.23. The molecule has 1 unspecified atom stereocenters. The standard InChI is InChI=1S/C13H21N3O6S2/c1-4-16(24(20,21)13-9(2)15-22-10(13)3)7-12(17)14-11-5-6-23(18,19)8-11/h11H,4-8H2,1-3H3,(H,14,17). The first-order chi connectivity index (χ1) is 11.1. The van der Waals surface area contributed by atoms with Crippen LogP contribution < -0.4 is 5.32 Å². The van der Waals surface area contributed by atoms with Gasteiger partial charge in [-0.05, 0) is 20.3 Å². The van der Waals surface area contributed by atoms with Crippen molar-refractivity contribution in [2.24, 2.45) is 0 Å². The predicted octanol–water partition coefficient (Wildman–Crippen LogP) is -0.395. The molecular formula is C13H21N3O6S2. The van der Waals surface area contributed by atoms with Crippen molar-refractivity contribution in [3.05, 3.63) is 11.5 Å². The highest BCUT2D eigenvalue weighted by Gasteiger charge is 2.33. The Hall–Kier alpha value is -1.46. The van der Waals surface area contributed by atoms with Crippen molar-refractivity contribution in [3.8, 4) is 0 Å². The molecule has 1 amide bonds. The molecule has 1 fully saturated rings. The van der Waals surface area contributed by atoms with Gasteiger partial charge in [0.05, 0.1) is 18.1 Å². The first-order valence-electron chi connectivity index (χ1n) is 7.49. The third-order valence-corrected chi connectivity index (χ3v) is 7.77. The Balaban J connectivity index is 2.10. The highest BCUT2D eigenvalue weighted by atomic mass is 32.2. The molecule has 1 saturated heterocycles. The summed E-state index contributed by atoms with van der Waals surface area (Å²) in [6, 6.07) is -0.469. The van der Waals surface area contributed by atoms with Crippen molar-refractivity contribution in [1.29, 1.82) is 0 Å². The van der Waals surface area contributed by atoms with Crippen molar-refractivity contribution < 1.29 is 26.2 Å². The molecule has 11 heteroatoms. The number of nitrogens with zero attached hydrogens (tertiary/aromatic N) is 2. The molecule has 2 heterocycles. The molecule has 0 spiro atoms. The summed E-state index contributed by atoms with van der Waals surface area (Å²) in [5, 5.41) is 6.21. The molecule has 1 aromatic heterocycles. The molecule has 136 valence electrons. The summed E-state index contributed by atoms with van der Waals surface area (Å²) in [5.41, 5.74) is 0.230. The van der Waals surface area contributed by atoms with E-state index in [1.54, 1.807) is 6.92 Å². The van der Waals surface area contributed by atoms with Gasteiger partial charge in [0.25, 0.3) is 0 Å². The molecule has 9 nitrogen and oxygen atoms in total. The first-order valence-corrected chi connectivity index (χ1v) is 10.8. The molecule has 1 aromatic rings. The quantitative estimate of drug-likeness (QED) is 0.713. The van der Waals surface area contributed by atoms with Crippen molar-refractivity contribution in [2.75, 3.05) is 24.6 Å². The number of rotatable bonds is 6. The van der Waals surface area contributed by atoms with Crippen molar-refractivity contribution in [2.45, 2.75) is 38.1 Å². The van der Waals surface area contributed by atoms with Crippen LogP contribution in [-0.4, -0.2) is 62.8 Å². The number of sulfone groups is 1. The predicted molar refractivity (Wildman–Crippen MR) is 85.6 cm³/mol. The number of carbonyl (C=O) groups is 1. The Morgan fingerprint density at radius 1 is 1.42 bits per heavy atom. The molecular weight excluding hydrogens is 358 g/mol. The van der Waals surface area contributed by atoms with Gasteiger partial charge in [0, 0.05) is 12.6 Å². The van der Waals surface area contributed by atoms with E-state index in [-0.39, 0.29) is 40.9 Å². The maximum absolute atomic E-state index is 12.7. The lowest BCUT2D eigenvalue weighted by Crippen LogP contribution is -2.44. The second-order valence-corrected chi connectivity index (χ2v) is 9.86. The number of aryl methyl sites for hydroxylation is 2. The molecule has 0 radical (unpaired) electrons. The van der Waals surface area contributed by atoms with Crippen molar-refractivity contribution in [1.82, 2.24) is 14.8 Å². The van der Waals surface area contributed by atoms with Gasteiger partial charge in [-0.15, -0.1) is 0 Å². The zero-order chi connectivity index (χ0) is 18.1. The lowest BCUT2D eigenvalue weighted by atomic mass is 10.2. The molecule has 0 bridgehead atoms. The van der Waals surface area contributed by atoms with E-state index in [4.69, 9.17) is 4.52 Å². The van der Waals surface area contributed by atoms with Gasteiger partial charge in [-0.1, -0.05) is 12.1 Å². The van der Waals surface area contributed by atoms with E-state index < -0.39 is 31.8 Å². The number of nitrogens with one attached hydrogen (secondary N) is 1. The summed E-state index contributed by atoms with van der Waals surface area (Å²) < 4.78 is 54.1. The number of hydrogen-bond acceptors (Lipinski definition) is 7. The van der Waals surface area contributed by atoms with Crippen LogP contribution in [0.1, 0.15) is 24.8 Å². The number of hydrogen-bond donors (Lipinski definition) is 1. The van der Waals surface area contributed by atoms with Crippen LogP contribution in [0.5, 0.6) is 0 Å². The van der Waals surface area contributed by atoms with Crippen LogP contribution >= 0.6 is 0 Å². The fourth-order valence-corrected chi connectivity index (χ4v) is 6.05. The Labute approximate surface area is 141 Å². The Morgan fingerprint density at radius 3 is 2.54 bits per heavy atom. The van der Waals surface area contributed by atoms with Gasteiger partial charge in [-0.25, -0.2) is 16.8 Å². The van der Waals surface area contributed by atoms with Crippen molar-refractivity contribution >= 4 is 25.8 Å². The molecule has 1 atom stereocenters. The summed E-state index contributed by atoms with van der Waals surface area (Å²) in [5.74, 6) is -0.448. The third kappa shape index (κ3) is 3.95. The Morgan fingerprint density at radius 2 is 2.08 bits per heavy atom. The zero-order valence-corrected chi connectivity index (χ0v) is 15.4. The van der Waals surface area contributed by atoms with Crippen molar-refractivity contribution in [3.63, 3.8) is 0 Å². The van der Waals surface area contributed by atoms with Gasteiger partial charge in [0.15, 0.2) is 15.6 Å². The average Bonchev–Trinajstić information content (AvgIpc) is 2.98. The smallest absolute Gasteiger partial charge is 0.248 e. The van der Waals surface area contributed by atoms with Crippen LogP contribution in [0.2, 0.25) is 0 Å². The topological polar surface area (TPSA) is 127 Å². The molecule has 0 aliphatic carbocycles. The van der Waals surface area contributed by atoms with Gasteiger partial charge in [0.1, 0.15) is 10.6 Å². The summed E-state index contributed by atoms with van der Waals surface area (Å²) in [4.78, 5) is 12.1. The maximum atomic E-state index is 12.7. The number of sulfonamides is 1. The van der Waals surface area contributed by atoms with E-state index in [0.717, 1.165) is 4.31 Å². The Kier molecular flexibility index (Phi) is 5.35. The molecule has 0 aromatic carbocycles. The van der Waals surface area contributed by atoms with Gasteiger partial charge >= 0.3 is 0 Å². The van der Waals surface area contributed by atoms with E-state index in [2.05, 4.69) is 10.5 Å². The van der Waals surface area contributed by atoms with E-state index in [1.807, 2.05) is 0 Å². The minimum absolute atomic E-state index is 0.0345. The van der Waals surface area contributed by atoms with E-state index >= 15 is 0 Å². The van der Waals surface area contributed by atoms with Crippen LogP contribution in [0, 0.1) is 13.8 Å². The molecule has 2 rings (SSSR count). The summed E-state index contributed by atoms with van der Waals surface area (Å²) in [6.45, 7) is 4.32. The third-order valence-electron chi connectivity index (χ3n) is 3.84. The first kappa shape index (κ1) is 18.9. The van der Waals surface area contributed by atoms with E-state index in [0.29, 0.717) is 6.42 Å². The summed E-state index contributed by atoms with van der Waals surface area (Å²) in [6.07, 6.45) is 0.344. The fraction of sp³-hybridized carbons (Fsp3) is 0.692. The fourth-order valence-electron chi connectivity index (χ4n) is 2.68. The van der Waals surface area contributed by atoms with Gasteiger partial charge in [0.2, 0.25) is 15.9 Å². The van der Waals surface area contributed by atoms with E-state index in [1.165, 1.54) is 13.8 Å². The van der Waals surface area contributed by atoms with Crippen LogP contribution in [0.25, 0.3) is 0 Å². The largest absolute Gasteiger partial charge is 0.360 e. The number of aromatic nitrogens is 1. The lowest BCUT2D eigenvalue weighted by molar-refractivity contribution is -0.121. The molecule has 1 aliphatic rings. The summed E-state index contributed by atoms with van der Waals surface area (Å²) in [7, 11) is -7.04. The van der Waals surface area contributed by atoms with Crippen LogP contribution in [0.3, 0.4) is 0 Å². The van der Waals surface area contributed by atoms with E-state index in [9.17, 15) is 21.6 Å².